The van der Waals surface area contributed by atoms with E-state index >= 15 is 0 Å². The summed E-state index contributed by atoms with van der Waals surface area (Å²) in [6, 6.07) is 0. The molecule has 7 atom stereocenters. The Balaban J connectivity index is 1.72. The maximum Gasteiger partial charge on any atom is 0.156 e. The van der Waals surface area contributed by atoms with Gasteiger partial charge in [0.15, 0.2) is 5.78 Å². The summed E-state index contributed by atoms with van der Waals surface area (Å²) < 4.78 is 0. The van der Waals surface area contributed by atoms with E-state index in [-0.39, 0.29) is 28.6 Å². The number of aliphatic hydroxyl groups excluding tert-OH is 1. The summed E-state index contributed by atoms with van der Waals surface area (Å²) in [6.45, 7) is 8.27. The molecule has 0 aromatic heterocycles. The summed E-state index contributed by atoms with van der Waals surface area (Å²) in [5, 5.41) is 10.1. The molecule has 0 spiro atoms. The summed E-state index contributed by atoms with van der Waals surface area (Å²) in [6.07, 6.45) is 6.23. The molecule has 0 amide bonds. The summed E-state index contributed by atoms with van der Waals surface area (Å²) in [5.74, 6) is 2.02. The van der Waals surface area contributed by atoms with Gasteiger partial charge in [-0.25, -0.2) is 0 Å². The largest absolute Gasteiger partial charge is 0.393 e. The van der Waals surface area contributed by atoms with Gasteiger partial charge >= 0.3 is 0 Å². The summed E-state index contributed by atoms with van der Waals surface area (Å²) in [4.78, 5) is 25.7. The van der Waals surface area contributed by atoms with E-state index in [2.05, 4.69) is 20.8 Å². The molecule has 3 heteroatoms. The van der Waals surface area contributed by atoms with Crippen LogP contribution in [0.4, 0.5) is 0 Å². The number of hydrogen-bond donors (Lipinski definition) is 1. The van der Waals surface area contributed by atoms with E-state index in [1.54, 1.807) is 6.92 Å². The lowest BCUT2D eigenvalue weighted by atomic mass is 9.44. The van der Waals surface area contributed by atoms with Gasteiger partial charge in [-0.05, 0) is 75.5 Å². The third kappa shape index (κ3) is 2.27. The van der Waals surface area contributed by atoms with Crippen LogP contribution in [0.25, 0.3) is 0 Å². The second-order valence-corrected chi connectivity index (χ2v) is 9.93. The van der Waals surface area contributed by atoms with Crippen molar-refractivity contribution < 1.29 is 14.7 Å². The van der Waals surface area contributed by atoms with E-state index in [1.807, 2.05) is 0 Å². The van der Waals surface area contributed by atoms with Gasteiger partial charge in [0.05, 0.1) is 6.10 Å². The normalized spacial score (nSPS) is 49.5. The van der Waals surface area contributed by atoms with Crippen molar-refractivity contribution in [2.45, 2.75) is 78.7 Å². The standard InChI is InChI=1S/C22H32O3/c1-12-9-17-16-6-5-14-10-15(24)7-8-21(14,3)20(16)18(25)11-22(17,4)19(12)13(2)23/h14-17,20,24H,5-11H2,1-4H3/t14-,15+,16-,17-,20+,21-,22-/m0/s1. The molecular weight excluding hydrogens is 312 g/mol. The molecule has 0 aromatic rings. The molecule has 25 heavy (non-hydrogen) atoms. The zero-order valence-electron chi connectivity index (χ0n) is 16.1. The van der Waals surface area contributed by atoms with E-state index in [0.717, 1.165) is 44.1 Å². The van der Waals surface area contributed by atoms with Gasteiger partial charge in [-0.1, -0.05) is 19.4 Å². The molecule has 0 aromatic carbocycles. The Labute approximate surface area is 151 Å². The maximum absolute atomic E-state index is 13.4. The molecular formula is C22H32O3. The van der Waals surface area contributed by atoms with Crippen molar-refractivity contribution in [3.8, 4) is 0 Å². The quantitative estimate of drug-likeness (QED) is 0.779. The SMILES string of the molecule is CC(=O)C1=C(C)C[C@H]2[C@@H]3CC[C@H]4C[C@H](O)CC[C@]4(C)[C@H]3C(=O)C[C@]12C. The van der Waals surface area contributed by atoms with Gasteiger partial charge in [-0.2, -0.15) is 0 Å². The van der Waals surface area contributed by atoms with Crippen LogP contribution in [0.5, 0.6) is 0 Å². The van der Waals surface area contributed by atoms with Gasteiger partial charge in [0, 0.05) is 23.3 Å². The Hall–Kier alpha value is -0.960. The van der Waals surface area contributed by atoms with E-state index in [0.29, 0.717) is 30.0 Å². The molecule has 3 saturated carbocycles. The number of carbonyl (C=O) groups excluding carboxylic acids is 2. The van der Waals surface area contributed by atoms with Gasteiger partial charge in [0.1, 0.15) is 5.78 Å². The fourth-order valence-electron chi connectivity index (χ4n) is 7.69. The maximum atomic E-state index is 13.4. The van der Waals surface area contributed by atoms with E-state index < -0.39 is 0 Å². The monoisotopic (exact) mass is 344 g/mol. The molecule has 0 aliphatic heterocycles. The minimum atomic E-state index is -0.244. The van der Waals surface area contributed by atoms with Crippen LogP contribution >= 0.6 is 0 Å². The molecule has 4 rings (SSSR count). The van der Waals surface area contributed by atoms with Gasteiger partial charge in [-0.15, -0.1) is 0 Å². The van der Waals surface area contributed by atoms with Gasteiger partial charge in [0.2, 0.25) is 0 Å². The summed E-state index contributed by atoms with van der Waals surface area (Å²) in [5.41, 5.74) is 1.98. The van der Waals surface area contributed by atoms with Gasteiger partial charge in [-0.3, -0.25) is 9.59 Å². The molecule has 1 N–H and O–H groups in total. The molecule has 3 fully saturated rings. The van der Waals surface area contributed by atoms with Gasteiger partial charge < -0.3 is 5.11 Å². The molecule has 0 radical (unpaired) electrons. The number of carbonyl (C=O) groups is 2. The van der Waals surface area contributed by atoms with E-state index in [9.17, 15) is 14.7 Å². The Morgan fingerprint density at radius 2 is 1.92 bits per heavy atom. The van der Waals surface area contributed by atoms with Crippen molar-refractivity contribution in [3.05, 3.63) is 11.1 Å². The van der Waals surface area contributed by atoms with Crippen molar-refractivity contribution in [1.29, 1.82) is 0 Å². The highest BCUT2D eigenvalue weighted by Crippen LogP contribution is 2.66. The Bertz CT molecular complexity index is 662. The third-order valence-corrected chi connectivity index (χ3v) is 8.59. The van der Waals surface area contributed by atoms with Crippen LogP contribution in [0, 0.1) is 34.5 Å². The molecule has 0 bridgehead atoms. The molecule has 4 aliphatic carbocycles. The number of allylic oxidation sites excluding steroid dienone is 2. The van der Waals surface area contributed by atoms with Crippen molar-refractivity contribution in [2.75, 3.05) is 0 Å². The molecule has 0 saturated heterocycles. The van der Waals surface area contributed by atoms with Crippen LogP contribution in [-0.4, -0.2) is 22.8 Å². The Morgan fingerprint density at radius 1 is 1.20 bits per heavy atom. The second kappa shape index (κ2) is 5.52. The van der Waals surface area contributed by atoms with Crippen molar-refractivity contribution in [2.24, 2.45) is 34.5 Å². The number of Topliss-reactive ketones (excluding diaryl/α,β-unsaturated/α-hetero) is 2. The average Bonchev–Trinajstić information content (AvgIpc) is 2.77. The molecule has 4 aliphatic rings. The van der Waals surface area contributed by atoms with Crippen molar-refractivity contribution in [3.63, 3.8) is 0 Å². The fourth-order valence-corrected chi connectivity index (χ4v) is 7.69. The van der Waals surface area contributed by atoms with Gasteiger partial charge in [0.25, 0.3) is 0 Å². The number of hydrogen-bond acceptors (Lipinski definition) is 3. The second-order valence-electron chi connectivity index (χ2n) is 9.93. The van der Waals surface area contributed by atoms with E-state index in [4.69, 9.17) is 0 Å². The lowest BCUT2D eigenvalue weighted by molar-refractivity contribution is -0.158. The first-order valence-corrected chi connectivity index (χ1v) is 10.1. The highest BCUT2D eigenvalue weighted by atomic mass is 16.3. The Kier molecular flexibility index (Phi) is 3.85. The lowest BCUT2D eigenvalue weighted by Gasteiger charge is -2.59. The lowest BCUT2D eigenvalue weighted by Crippen LogP contribution is -2.57. The smallest absolute Gasteiger partial charge is 0.156 e. The average molecular weight is 344 g/mol. The summed E-state index contributed by atoms with van der Waals surface area (Å²) in [7, 11) is 0. The number of fused-ring (bicyclic) bond motifs is 5. The molecule has 0 unspecified atom stereocenters. The number of rotatable bonds is 1. The zero-order chi connectivity index (χ0) is 18.1. The predicted molar refractivity (Wildman–Crippen MR) is 96.9 cm³/mol. The minimum absolute atomic E-state index is 0.0490. The van der Waals surface area contributed by atoms with Crippen molar-refractivity contribution in [1.82, 2.24) is 0 Å². The van der Waals surface area contributed by atoms with Crippen LogP contribution in [-0.2, 0) is 9.59 Å². The molecule has 3 nitrogen and oxygen atoms in total. The van der Waals surface area contributed by atoms with E-state index in [1.165, 1.54) is 5.57 Å². The topological polar surface area (TPSA) is 54.4 Å². The fraction of sp³-hybridized carbons (Fsp3) is 0.818. The Morgan fingerprint density at radius 3 is 2.60 bits per heavy atom. The van der Waals surface area contributed by atoms with Crippen molar-refractivity contribution >= 4 is 11.6 Å². The highest BCUT2D eigenvalue weighted by molar-refractivity contribution is 5.98. The molecule has 138 valence electrons. The predicted octanol–water partition coefficient (Wildman–Crippen LogP) is 4.08. The van der Waals surface area contributed by atoms with Crippen LogP contribution in [0.3, 0.4) is 0 Å². The molecule has 0 heterocycles. The first-order valence-electron chi connectivity index (χ1n) is 10.1. The first kappa shape index (κ1) is 17.5. The number of ketones is 2. The zero-order valence-corrected chi connectivity index (χ0v) is 16.1. The minimum Gasteiger partial charge on any atom is -0.393 e. The summed E-state index contributed by atoms with van der Waals surface area (Å²) >= 11 is 0. The van der Waals surface area contributed by atoms with Crippen LogP contribution in [0.15, 0.2) is 11.1 Å². The third-order valence-electron chi connectivity index (χ3n) is 8.59. The van der Waals surface area contributed by atoms with Crippen LogP contribution in [0.1, 0.15) is 72.6 Å². The van der Waals surface area contributed by atoms with Crippen LogP contribution < -0.4 is 0 Å². The van der Waals surface area contributed by atoms with Crippen LogP contribution in [0.2, 0.25) is 0 Å². The first-order chi connectivity index (χ1) is 11.7. The highest BCUT2D eigenvalue weighted by Gasteiger charge is 2.62. The number of aliphatic hydroxyl groups is 1.